The topological polar surface area (TPSA) is 29.5 Å². The highest BCUT2D eigenvalue weighted by Gasteiger charge is 2.37. The Hall–Kier alpha value is -1.39. The lowest BCUT2D eigenvalue weighted by atomic mass is 9.88. The van der Waals surface area contributed by atoms with Crippen LogP contribution in [-0.2, 0) is 18.4 Å². The van der Waals surface area contributed by atoms with Crippen LogP contribution in [0.4, 0.5) is 4.39 Å². The number of aliphatic hydroxyl groups is 1. The van der Waals surface area contributed by atoms with Gasteiger partial charge >= 0.3 is 0 Å². The first-order valence-electron chi connectivity index (χ1n) is 6.85. The highest BCUT2D eigenvalue weighted by atomic mass is 79.9. The lowest BCUT2D eigenvalue weighted by molar-refractivity contribution is 0.0379. The van der Waals surface area contributed by atoms with Crippen LogP contribution in [0.5, 0.6) is 5.75 Å². The standard InChI is InChI=1S/C17H16BrFO2/c1-21-14-4-2-11-6-7-17(20,15(11)9-14)10-12-8-13(18)3-5-16(12)19/h2-5,8-9,20H,6-7,10H2,1H3. The normalized spacial score (nSPS) is 20.4. The Balaban J connectivity index is 1.98. The molecule has 0 spiro atoms. The number of fused-ring (bicyclic) bond motifs is 1. The van der Waals surface area contributed by atoms with Gasteiger partial charge in [0, 0.05) is 10.9 Å². The zero-order chi connectivity index (χ0) is 15.0. The van der Waals surface area contributed by atoms with E-state index in [2.05, 4.69) is 15.9 Å². The zero-order valence-corrected chi connectivity index (χ0v) is 13.3. The van der Waals surface area contributed by atoms with Crippen molar-refractivity contribution in [3.63, 3.8) is 0 Å². The molecule has 0 aromatic heterocycles. The van der Waals surface area contributed by atoms with Gasteiger partial charge in [0.25, 0.3) is 0 Å². The van der Waals surface area contributed by atoms with E-state index in [1.807, 2.05) is 18.2 Å². The van der Waals surface area contributed by atoms with Crippen molar-refractivity contribution in [2.24, 2.45) is 0 Å². The van der Waals surface area contributed by atoms with Gasteiger partial charge in [-0.2, -0.15) is 0 Å². The van der Waals surface area contributed by atoms with Crippen molar-refractivity contribution >= 4 is 15.9 Å². The van der Waals surface area contributed by atoms with E-state index in [9.17, 15) is 9.50 Å². The molecule has 0 saturated heterocycles. The van der Waals surface area contributed by atoms with Gasteiger partial charge in [-0.3, -0.25) is 0 Å². The van der Waals surface area contributed by atoms with E-state index in [0.717, 1.165) is 22.0 Å². The highest BCUT2D eigenvalue weighted by molar-refractivity contribution is 9.10. The van der Waals surface area contributed by atoms with E-state index in [1.54, 1.807) is 19.2 Å². The minimum Gasteiger partial charge on any atom is -0.497 e. The summed E-state index contributed by atoms with van der Waals surface area (Å²) in [6.07, 6.45) is 1.66. The molecule has 1 aliphatic rings. The molecular formula is C17H16BrFO2. The summed E-state index contributed by atoms with van der Waals surface area (Å²) in [5, 5.41) is 11.0. The molecule has 0 heterocycles. The Morgan fingerprint density at radius 1 is 1.29 bits per heavy atom. The molecule has 0 fully saturated rings. The third-order valence-corrected chi connectivity index (χ3v) is 4.61. The molecule has 2 aromatic rings. The molecule has 0 aliphatic heterocycles. The molecule has 1 atom stereocenters. The second kappa shape index (κ2) is 5.43. The fraction of sp³-hybridized carbons (Fsp3) is 0.294. The Morgan fingerprint density at radius 2 is 2.10 bits per heavy atom. The smallest absolute Gasteiger partial charge is 0.126 e. The molecular weight excluding hydrogens is 335 g/mol. The number of aryl methyl sites for hydroxylation is 1. The van der Waals surface area contributed by atoms with Gasteiger partial charge in [0.1, 0.15) is 11.6 Å². The van der Waals surface area contributed by atoms with E-state index >= 15 is 0 Å². The molecule has 1 aliphatic carbocycles. The van der Waals surface area contributed by atoms with Crippen LogP contribution in [0.3, 0.4) is 0 Å². The quantitative estimate of drug-likeness (QED) is 0.907. The molecule has 3 rings (SSSR count). The van der Waals surface area contributed by atoms with Crippen molar-refractivity contribution in [1.82, 2.24) is 0 Å². The molecule has 4 heteroatoms. The Morgan fingerprint density at radius 3 is 2.86 bits per heavy atom. The van der Waals surface area contributed by atoms with Crippen LogP contribution in [-0.4, -0.2) is 12.2 Å². The molecule has 0 saturated carbocycles. The molecule has 21 heavy (non-hydrogen) atoms. The third kappa shape index (κ3) is 2.70. The van der Waals surface area contributed by atoms with Crippen LogP contribution in [0.2, 0.25) is 0 Å². The van der Waals surface area contributed by atoms with E-state index in [4.69, 9.17) is 4.74 Å². The lowest BCUT2D eigenvalue weighted by Crippen LogP contribution is -2.26. The van der Waals surface area contributed by atoms with E-state index in [0.29, 0.717) is 17.7 Å². The molecule has 0 radical (unpaired) electrons. The summed E-state index contributed by atoms with van der Waals surface area (Å²) >= 11 is 3.35. The Kier molecular flexibility index (Phi) is 3.76. The van der Waals surface area contributed by atoms with Gasteiger partial charge < -0.3 is 9.84 Å². The summed E-state index contributed by atoms with van der Waals surface area (Å²) in [6, 6.07) is 10.5. The molecule has 2 aromatic carbocycles. The van der Waals surface area contributed by atoms with Crippen LogP contribution in [0.1, 0.15) is 23.1 Å². The summed E-state index contributed by atoms with van der Waals surface area (Å²) in [4.78, 5) is 0. The molecule has 0 bridgehead atoms. The summed E-state index contributed by atoms with van der Waals surface area (Å²) in [7, 11) is 1.60. The third-order valence-electron chi connectivity index (χ3n) is 4.12. The number of hydrogen-bond donors (Lipinski definition) is 1. The maximum Gasteiger partial charge on any atom is 0.126 e. The monoisotopic (exact) mass is 350 g/mol. The summed E-state index contributed by atoms with van der Waals surface area (Å²) in [6.45, 7) is 0. The highest BCUT2D eigenvalue weighted by Crippen LogP contribution is 2.41. The summed E-state index contributed by atoms with van der Waals surface area (Å²) in [5.41, 5.74) is 1.43. The largest absolute Gasteiger partial charge is 0.497 e. The first-order chi connectivity index (χ1) is 10.0. The number of hydrogen-bond acceptors (Lipinski definition) is 2. The average Bonchev–Trinajstić information content (AvgIpc) is 2.80. The van der Waals surface area contributed by atoms with Gasteiger partial charge in [0.2, 0.25) is 0 Å². The summed E-state index contributed by atoms with van der Waals surface area (Å²) in [5.74, 6) is 0.423. The average molecular weight is 351 g/mol. The van der Waals surface area contributed by atoms with Crippen LogP contribution in [0.25, 0.3) is 0 Å². The fourth-order valence-corrected chi connectivity index (χ4v) is 3.40. The minimum atomic E-state index is -1.04. The van der Waals surface area contributed by atoms with Gasteiger partial charge in [-0.05, 0) is 59.9 Å². The molecule has 2 nitrogen and oxygen atoms in total. The Bertz CT molecular complexity index is 686. The maximum absolute atomic E-state index is 14.0. The molecule has 1 unspecified atom stereocenters. The van der Waals surface area contributed by atoms with Crippen LogP contribution < -0.4 is 4.74 Å². The number of benzene rings is 2. The van der Waals surface area contributed by atoms with E-state index < -0.39 is 5.60 Å². The van der Waals surface area contributed by atoms with Crippen molar-refractivity contribution in [3.8, 4) is 5.75 Å². The number of ether oxygens (including phenoxy) is 1. The van der Waals surface area contributed by atoms with Gasteiger partial charge in [-0.1, -0.05) is 22.0 Å². The van der Waals surface area contributed by atoms with Crippen molar-refractivity contribution in [3.05, 3.63) is 63.4 Å². The SMILES string of the molecule is COc1ccc2c(c1)C(O)(Cc1cc(Br)ccc1F)CC2. The second-order valence-electron chi connectivity index (χ2n) is 5.47. The van der Waals surface area contributed by atoms with Crippen molar-refractivity contribution in [2.45, 2.75) is 24.9 Å². The zero-order valence-electron chi connectivity index (χ0n) is 11.7. The predicted molar refractivity (Wildman–Crippen MR) is 83.0 cm³/mol. The second-order valence-corrected chi connectivity index (χ2v) is 6.38. The van der Waals surface area contributed by atoms with Gasteiger partial charge in [0.05, 0.1) is 12.7 Å². The Labute approximate surface area is 131 Å². The molecule has 110 valence electrons. The number of rotatable bonds is 3. The van der Waals surface area contributed by atoms with Gasteiger partial charge in [-0.25, -0.2) is 4.39 Å². The van der Waals surface area contributed by atoms with Crippen LogP contribution in [0.15, 0.2) is 40.9 Å². The fourth-order valence-electron chi connectivity index (χ4n) is 2.99. The van der Waals surface area contributed by atoms with Crippen molar-refractivity contribution in [1.29, 1.82) is 0 Å². The number of halogens is 2. The van der Waals surface area contributed by atoms with E-state index in [1.165, 1.54) is 6.07 Å². The molecule has 1 N–H and O–H groups in total. The minimum absolute atomic E-state index is 0.262. The van der Waals surface area contributed by atoms with Crippen LogP contribution >= 0.6 is 15.9 Å². The van der Waals surface area contributed by atoms with Crippen molar-refractivity contribution < 1.29 is 14.2 Å². The maximum atomic E-state index is 14.0. The number of methoxy groups -OCH3 is 1. The van der Waals surface area contributed by atoms with Gasteiger partial charge in [0.15, 0.2) is 0 Å². The van der Waals surface area contributed by atoms with Crippen LogP contribution in [0, 0.1) is 5.82 Å². The first-order valence-corrected chi connectivity index (χ1v) is 7.65. The summed E-state index contributed by atoms with van der Waals surface area (Å²) < 4.78 is 20.0. The molecule has 0 amide bonds. The van der Waals surface area contributed by atoms with Crippen molar-refractivity contribution in [2.75, 3.05) is 7.11 Å². The van der Waals surface area contributed by atoms with Gasteiger partial charge in [-0.15, -0.1) is 0 Å². The lowest BCUT2D eigenvalue weighted by Gasteiger charge is -2.25. The predicted octanol–water partition coefficient (Wildman–Crippen LogP) is 3.97. The first kappa shape index (κ1) is 14.5. The van der Waals surface area contributed by atoms with E-state index in [-0.39, 0.29) is 12.2 Å².